The SMILES string of the molecule is CC/C=C\C/C=C\C/C=C\C/C=C\CCCCC(=O)OC(COC(=O)CCCCCCC/C=C\C/C=C\CCC)COP(=O)(O)OCC(CO)OC(=O)CCCCCCCCCCC. The highest BCUT2D eigenvalue weighted by atomic mass is 31.2. The first-order valence-corrected chi connectivity index (χ1v) is 26.3. The smallest absolute Gasteiger partial charge is 0.462 e. The molecule has 0 aliphatic rings. The summed E-state index contributed by atoms with van der Waals surface area (Å²) in [5.74, 6) is -1.54. The fourth-order valence-corrected chi connectivity index (χ4v) is 7.11. The van der Waals surface area contributed by atoms with E-state index < -0.39 is 57.8 Å². The molecule has 0 saturated heterocycles. The van der Waals surface area contributed by atoms with Gasteiger partial charge in [-0.25, -0.2) is 4.57 Å². The van der Waals surface area contributed by atoms with Gasteiger partial charge in [-0.2, -0.15) is 0 Å². The van der Waals surface area contributed by atoms with Crippen LogP contribution in [-0.4, -0.2) is 66.5 Å². The lowest BCUT2D eigenvalue weighted by molar-refractivity contribution is -0.161. The maximum atomic E-state index is 12.8. The Morgan fingerprint density at radius 2 is 0.844 bits per heavy atom. The van der Waals surface area contributed by atoms with Gasteiger partial charge in [-0.3, -0.25) is 23.4 Å². The quantitative estimate of drug-likeness (QED) is 0.0197. The van der Waals surface area contributed by atoms with Gasteiger partial charge in [0.2, 0.25) is 0 Å². The molecule has 0 aliphatic heterocycles. The molecule has 0 aromatic heterocycles. The van der Waals surface area contributed by atoms with Crippen molar-refractivity contribution in [3.8, 4) is 0 Å². The highest BCUT2D eigenvalue weighted by molar-refractivity contribution is 7.47. The van der Waals surface area contributed by atoms with Crippen molar-refractivity contribution in [3.63, 3.8) is 0 Å². The average molecular weight is 921 g/mol. The van der Waals surface area contributed by atoms with Crippen LogP contribution >= 0.6 is 7.82 Å². The number of hydrogen-bond donors (Lipinski definition) is 2. The molecular formula is C52H89O11P. The molecule has 0 spiro atoms. The Balaban J connectivity index is 4.85. The number of hydrogen-bond acceptors (Lipinski definition) is 10. The monoisotopic (exact) mass is 921 g/mol. The second kappa shape index (κ2) is 46.4. The van der Waals surface area contributed by atoms with Crippen LogP contribution in [0.5, 0.6) is 0 Å². The number of aliphatic hydroxyl groups excluding tert-OH is 1. The van der Waals surface area contributed by atoms with E-state index in [0.717, 1.165) is 103 Å². The summed E-state index contributed by atoms with van der Waals surface area (Å²) in [6.45, 7) is 4.35. The minimum Gasteiger partial charge on any atom is -0.462 e. The second-order valence-corrected chi connectivity index (χ2v) is 17.7. The van der Waals surface area contributed by atoms with Gasteiger partial charge < -0.3 is 24.2 Å². The summed E-state index contributed by atoms with van der Waals surface area (Å²) in [6.07, 6.45) is 48.9. The molecule has 3 unspecified atom stereocenters. The van der Waals surface area contributed by atoms with Crippen molar-refractivity contribution < 1.29 is 52.2 Å². The van der Waals surface area contributed by atoms with Gasteiger partial charge in [0.25, 0.3) is 0 Å². The predicted molar refractivity (Wildman–Crippen MR) is 261 cm³/mol. The number of esters is 3. The number of phosphoric ester groups is 1. The van der Waals surface area contributed by atoms with E-state index >= 15 is 0 Å². The molecule has 3 atom stereocenters. The van der Waals surface area contributed by atoms with Crippen LogP contribution in [0.15, 0.2) is 72.9 Å². The maximum absolute atomic E-state index is 12.8. The standard InChI is InChI=1S/C52H89O11P/c1-4-7-10-13-16-19-21-23-24-26-28-31-34-37-40-43-52(56)63-49(45-59-50(54)41-38-35-32-30-27-25-22-20-17-14-11-8-5-2)47-61-64(57,58)60-46-48(44-53)62-51(55)42-39-36-33-29-18-15-12-9-6-3/h7,10-11,14,16,19-20,22-24,28,31,48-49,53H,4-6,8-9,12-13,15,17-18,21,25-27,29-30,32-47H2,1-3H3,(H,57,58)/b10-7-,14-11-,19-16-,22-20-,24-23-,31-28-. The van der Waals surface area contributed by atoms with E-state index in [2.05, 4.69) is 93.7 Å². The third-order valence-corrected chi connectivity index (χ3v) is 11.0. The number of carbonyl (C=O) groups is 3. The molecule has 0 fully saturated rings. The molecule has 2 N–H and O–H groups in total. The molecule has 0 aromatic carbocycles. The lowest BCUT2D eigenvalue weighted by Gasteiger charge is -2.21. The van der Waals surface area contributed by atoms with E-state index in [1.165, 1.54) is 38.5 Å². The molecule has 0 radical (unpaired) electrons. The number of allylic oxidation sites excluding steroid dienone is 12. The Labute approximate surface area is 388 Å². The number of carbonyl (C=O) groups excluding carboxylic acids is 3. The predicted octanol–water partition coefficient (Wildman–Crippen LogP) is 13.8. The third-order valence-electron chi connectivity index (χ3n) is 10.1. The Hall–Kier alpha value is -3.08. The Morgan fingerprint density at radius 3 is 1.34 bits per heavy atom. The minimum absolute atomic E-state index is 0.111. The number of aliphatic hydroxyl groups is 1. The van der Waals surface area contributed by atoms with Crippen LogP contribution in [-0.2, 0) is 42.2 Å². The molecule has 0 bridgehead atoms. The topological polar surface area (TPSA) is 155 Å². The zero-order valence-electron chi connectivity index (χ0n) is 40.2. The number of ether oxygens (including phenoxy) is 3. The number of rotatable bonds is 45. The lowest BCUT2D eigenvalue weighted by atomic mass is 10.1. The number of phosphoric acid groups is 1. The van der Waals surface area contributed by atoms with Gasteiger partial charge in [-0.15, -0.1) is 0 Å². The van der Waals surface area contributed by atoms with Crippen LogP contribution in [0.2, 0.25) is 0 Å². The first kappa shape index (κ1) is 60.9. The van der Waals surface area contributed by atoms with Crippen LogP contribution in [0.4, 0.5) is 0 Å². The van der Waals surface area contributed by atoms with Crippen molar-refractivity contribution in [1.29, 1.82) is 0 Å². The lowest BCUT2D eigenvalue weighted by Crippen LogP contribution is -2.30. The van der Waals surface area contributed by atoms with Crippen molar-refractivity contribution in [3.05, 3.63) is 72.9 Å². The zero-order valence-corrected chi connectivity index (χ0v) is 41.1. The summed E-state index contributed by atoms with van der Waals surface area (Å²) in [4.78, 5) is 48.1. The van der Waals surface area contributed by atoms with Gasteiger partial charge in [0.05, 0.1) is 19.8 Å². The van der Waals surface area contributed by atoms with Crippen LogP contribution in [0.3, 0.4) is 0 Å². The van der Waals surface area contributed by atoms with Gasteiger partial charge in [-0.05, 0) is 83.5 Å². The molecule has 0 aromatic rings. The van der Waals surface area contributed by atoms with Crippen LogP contribution in [0.1, 0.15) is 201 Å². The fourth-order valence-electron chi connectivity index (χ4n) is 6.32. The van der Waals surface area contributed by atoms with E-state index in [1.807, 2.05) is 0 Å². The molecule has 0 amide bonds. The van der Waals surface area contributed by atoms with E-state index in [9.17, 15) is 28.9 Å². The van der Waals surface area contributed by atoms with E-state index in [0.29, 0.717) is 19.3 Å². The summed E-state index contributed by atoms with van der Waals surface area (Å²) < 4.78 is 39.2. The summed E-state index contributed by atoms with van der Waals surface area (Å²) in [6, 6.07) is 0. The molecule has 0 saturated carbocycles. The molecule has 0 heterocycles. The van der Waals surface area contributed by atoms with Gasteiger partial charge >= 0.3 is 25.7 Å². The van der Waals surface area contributed by atoms with Crippen molar-refractivity contribution in [2.75, 3.05) is 26.4 Å². The van der Waals surface area contributed by atoms with Gasteiger partial charge in [0.15, 0.2) is 6.10 Å². The summed E-state index contributed by atoms with van der Waals surface area (Å²) >= 11 is 0. The molecule has 368 valence electrons. The van der Waals surface area contributed by atoms with Crippen LogP contribution in [0.25, 0.3) is 0 Å². The Morgan fingerprint density at radius 1 is 0.453 bits per heavy atom. The van der Waals surface area contributed by atoms with Crippen molar-refractivity contribution in [2.45, 2.75) is 213 Å². The van der Waals surface area contributed by atoms with E-state index in [4.69, 9.17) is 23.3 Å². The fraction of sp³-hybridized carbons (Fsp3) is 0.712. The molecule has 11 nitrogen and oxygen atoms in total. The van der Waals surface area contributed by atoms with Crippen molar-refractivity contribution in [2.24, 2.45) is 0 Å². The van der Waals surface area contributed by atoms with Gasteiger partial charge in [0.1, 0.15) is 12.7 Å². The maximum Gasteiger partial charge on any atom is 0.472 e. The first-order valence-electron chi connectivity index (χ1n) is 24.8. The second-order valence-electron chi connectivity index (χ2n) is 16.2. The molecule has 0 aliphatic carbocycles. The van der Waals surface area contributed by atoms with Gasteiger partial charge in [0, 0.05) is 19.3 Å². The Kier molecular flexibility index (Phi) is 44.2. The molecule has 64 heavy (non-hydrogen) atoms. The highest BCUT2D eigenvalue weighted by Crippen LogP contribution is 2.43. The highest BCUT2D eigenvalue weighted by Gasteiger charge is 2.28. The summed E-state index contributed by atoms with van der Waals surface area (Å²) in [5, 5.41) is 9.73. The first-order chi connectivity index (χ1) is 31.2. The molecule has 0 rings (SSSR count). The van der Waals surface area contributed by atoms with Crippen LogP contribution in [0, 0.1) is 0 Å². The zero-order chi connectivity index (χ0) is 47.0. The summed E-state index contributed by atoms with van der Waals surface area (Å²) in [7, 11) is -4.75. The van der Waals surface area contributed by atoms with Crippen LogP contribution < -0.4 is 0 Å². The van der Waals surface area contributed by atoms with Crippen molar-refractivity contribution >= 4 is 25.7 Å². The Bertz CT molecular complexity index is 1350. The van der Waals surface area contributed by atoms with E-state index in [-0.39, 0.29) is 25.9 Å². The molecular weight excluding hydrogens is 832 g/mol. The largest absolute Gasteiger partial charge is 0.472 e. The van der Waals surface area contributed by atoms with Crippen molar-refractivity contribution in [1.82, 2.24) is 0 Å². The summed E-state index contributed by atoms with van der Waals surface area (Å²) in [5.41, 5.74) is 0. The molecule has 12 heteroatoms. The number of unbranched alkanes of at least 4 members (excludes halogenated alkanes) is 16. The minimum atomic E-state index is -4.75. The van der Waals surface area contributed by atoms with E-state index in [1.54, 1.807) is 0 Å². The van der Waals surface area contributed by atoms with Gasteiger partial charge in [-0.1, -0.05) is 171 Å². The average Bonchev–Trinajstić information content (AvgIpc) is 3.28. The third kappa shape index (κ3) is 44.1. The normalized spacial score (nSPS) is 14.1.